The van der Waals surface area contributed by atoms with Crippen molar-refractivity contribution < 1.29 is 9.47 Å². The Bertz CT molecular complexity index is 960. The maximum absolute atomic E-state index is 5.64. The van der Waals surface area contributed by atoms with E-state index in [9.17, 15) is 0 Å². The number of hydrogen-bond acceptors (Lipinski definition) is 8. The van der Waals surface area contributed by atoms with E-state index in [-0.39, 0.29) is 5.95 Å². The van der Waals surface area contributed by atoms with E-state index >= 15 is 0 Å². The van der Waals surface area contributed by atoms with Gasteiger partial charge >= 0.3 is 0 Å². The maximum atomic E-state index is 5.64. The molecule has 2 aliphatic rings. The van der Waals surface area contributed by atoms with Gasteiger partial charge in [0.1, 0.15) is 0 Å². The summed E-state index contributed by atoms with van der Waals surface area (Å²) in [6, 6.07) is 0. The number of nitrogen functional groups attached to an aromatic ring is 1. The van der Waals surface area contributed by atoms with Crippen LogP contribution in [0.25, 0.3) is 16.9 Å². The molecule has 0 atom stereocenters. The number of aromatic nitrogens is 5. The Labute approximate surface area is 162 Å². The lowest BCUT2D eigenvalue weighted by atomic mass is 9.97. The Balaban J connectivity index is 1.61. The SMILES string of the molecule is Nc1ncc(-c2cn3cc(C4CCOCC4)nc3c(N3CCOCC3)n2)cn1. The van der Waals surface area contributed by atoms with Gasteiger partial charge in [0, 0.05) is 62.6 Å². The van der Waals surface area contributed by atoms with Gasteiger partial charge in [-0.1, -0.05) is 0 Å². The molecule has 3 aromatic heterocycles. The highest BCUT2D eigenvalue weighted by atomic mass is 16.5. The van der Waals surface area contributed by atoms with Gasteiger partial charge in [-0.3, -0.25) is 0 Å². The van der Waals surface area contributed by atoms with Gasteiger partial charge in [-0.05, 0) is 12.8 Å². The fraction of sp³-hybridized carbons (Fsp3) is 0.474. The standard InChI is InChI=1S/C19H23N7O2/c20-19-21-9-14(10-22-19)16-12-26-11-15(13-1-5-27-6-2-13)23-18(26)17(24-16)25-3-7-28-8-4-25/h9-13H,1-8H2,(H2,20,21,22). The first-order valence-electron chi connectivity index (χ1n) is 9.66. The molecule has 5 rings (SSSR count). The van der Waals surface area contributed by atoms with Crippen molar-refractivity contribution in [3.05, 3.63) is 30.5 Å². The molecule has 0 radical (unpaired) electrons. The minimum absolute atomic E-state index is 0.252. The van der Waals surface area contributed by atoms with Crippen molar-refractivity contribution in [2.45, 2.75) is 18.8 Å². The molecule has 0 aromatic carbocycles. The fourth-order valence-electron chi connectivity index (χ4n) is 3.79. The normalized spacial score (nSPS) is 18.6. The van der Waals surface area contributed by atoms with Gasteiger partial charge in [0.05, 0.1) is 24.6 Å². The molecule has 2 saturated heterocycles. The molecule has 5 heterocycles. The summed E-state index contributed by atoms with van der Waals surface area (Å²) in [5.74, 6) is 1.55. The van der Waals surface area contributed by atoms with Crippen molar-refractivity contribution in [1.29, 1.82) is 0 Å². The summed E-state index contributed by atoms with van der Waals surface area (Å²) in [5, 5.41) is 0. The Morgan fingerprint density at radius 2 is 1.64 bits per heavy atom. The zero-order chi connectivity index (χ0) is 18.9. The van der Waals surface area contributed by atoms with E-state index in [1.807, 2.05) is 6.20 Å². The van der Waals surface area contributed by atoms with Crippen molar-refractivity contribution in [2.75, 3.05) is 50.2 Å². The van der Waals surface area contributed by atoms with E-state index in [0.29, 0.717) is 19.1 Å². The Hall–Kier alpha value is -2.78. The number of anilines is 2. The van der Waals surface area contributed by atoms with E-state index in [1.54, 1.807) is 12.4 Å². The summed E-state index contributed by atoms with van der Waals surface area (Å²) in [7, 11) is 0. The minimum atomic E-state index is 0.252. The number of hydrogen-bond donors (Lipinski definition) is 1. The Morgan fingerprint density at radius 1 is 0.929 bits per heavy atom. The molecule has 0 amide bonds. The number of nitrogens with zero attached hydrogens (tertiary/aromatic N) is 6. The molecular formula is C19H23N7O2. The van der Waals surface area contributed by atoms with Gasteiger partial charge in [-0.2, -0.15) is 0 Å². The Kier molecular flexibility index (Phi) is 4.53. The molecule has 2 fully saturated rings. The smallest absolute Gasteiger partial charge is 0.219 e. The fourth-order valence-corrected chi connectivity index (χ4v) is 3.79. The molecule has 9 nitrogen and oxygen atoms in total. The molecule has 2 aliphatic heterocycles. The van der Waals surface area contributed by atoms with Gasteiger partial charge in [0.15, 0.2) is 11.5 Å². The largest absolute Gasteiger partial charge is 0.381 e. The third-order valence-electron chi connectivity index (χ3n) is 5.36. The van der Waals surface area contributed by atoms with Crippen LogP contribution in [0.2, 0.25) is 0 Å². The van der Waals surface area contributed by atoms with Gasteiger partial charge in [0.25, 0.3) is 0 Å². The van der Waals surface area contributed by atoms with E-state index in [4.69, 9.17) is 25.2 Å². The molecule has 0 bridgehead atoms. The highest BCUT2D eigenvalue weighted by molar-refractivity contribution is 5.70. The number of rotatable bonds is 3. The first-order chi connectivity index (χ1) is 13.8. The van der Waals surface area contributed by atoms with Crippen LogP contribution in [0.15, 0.2) is 24.8 Å². The van der Waals surface area contributed by atoms with Crippen molar-refractivity contribution in [1.82, 2.24) is 24.3 Å². The number of morpholine rings is 1. The molecule has 28 heavy (non-hydrogen) atoms. The zero-order valence-electron chi connectivity index (χ0n) is 15.6. The van der Waals surface area contributed by atoms with Crippen LogP contribution in [0.3, 0.4) is 0 Å². The third kappa shape index (κ3) is 3.27. The van der Waals surface area contributed by atoms with E-state index in [0.717, 1.165) is 67.6 Å². The van der Waals surface area contributed by atoms with Crippen molar-refractivity contribution in [2.24, 2.45) is 0 Å². The van der Waals surface area contributed by atoms with Crippen LogP contribution in [0.5, 0.6) is 0 Å². The summed E-state index contributed by atoms with van der Waals surface area (Å²) in [6.45, 7) is 4.56. The molecule has 0 saturated carbocycles. The molecular weight excluding hydrogens is 358 g/mol. The molecule has 0 aliphatic carbocycles. The van der Waals surface area contributed by atoms with Crippen molar-refractivity contribution >= 4 is 17.4 Å². The van der Waals surface area contributed by atoms with E-state index in [1.165, 1.54) is 0 Å². The van der Waals surface area contributed by atoms with Crippen LogP contribution in [0.4, 0.5) is 11.8 Å². The average Bonchev–Trinajstić information content (AvgIpc) is 3.19. The zero-order valence-corrected chi connectivity index (χ0v) is 15.6. The van der Waals surface area contributed by atoms with Crippen LogP contribution in [0, 0.1) is 0 Å². The highest BCUT2D eigenvalue weighted by Crippen LogP contribution is 2.30. The monoisotopic (exact) mass is 381 g/mol. The second-order valence-electron chi connectivity index (χ2n) is 7.16. The topological polar surface area (TPSA) is 104 Å². The van der Waals surface area contributed by atoms with Crippen molar-refractivity contribution in [3.63, 3.8) is 0 Å². The van der Waals surface area contributed by atoms with Gasteiger partial charge < -0.3 is 24.5 Å². The summed E-state index contributed by atoms with van der Waals surface area (Å²) in [4.78, 5) is 20.4. The average molecular weight is 381 g/mol. The van der Waals surface area contributed by atoms with E-state index in [2.05, 4.69) is 25.5 Å². The Morgan fingerprint density at radius 3 is 2.39 bits per heavy atom. The van der Waals surface area contributed by atoms with Crippen molar-refractivity contribution in [3.8, 4) is 11.3 Å². The second-order valence-corrected chi connectivity index (χ2v) is 7.16. The number of imidazole rings is 1. The quantitative estimate of drug-likeness (QED) is 0.728. The van der Waals surface area contributed by atoms with Crippen LogP contribution in [-0.2, 0) is 9.47 Å². The summed E-state index contributed by atoms with van der Waals surface area (Å²) in [5.41, 5.74) is 9.24. The van der Waals surface area contributed by atoms with Gasteiger partial charge in [0.2, 0.25) is 5.95 Å². The first-order valence-corrected chi connectivity index (χ1v) is 9.66. The molecule has 9 heteroatoms. The lowest BCUT2D eigenvalue weighted by Gasteiger charge is -2.28. The van der Waals surface area contributed by atoms with Crippen LogP contribution >= 0.6 is 0 Å². The predicted octanol–water partition coefficient (Wildman–Crippen LogP) is 1.50. The number of ether oxygens (including phenoxy) is 2. The van der Waals surface area contributed by atoms with E-state index < -0.39 is 0 Å². The summed E-state index contributed by atoms with van der Waals surface area (Å²) < 4.78 is 13.1. The lowest BCUT2D eigenvalue weighted by Crippen LogP contribution is -2.37. The molecule has 3 aromatic rings. The number of fused-ring (bicyclic) bond motifs is 1. The minimum Gasteiger partial charge on any atom is -0.381 e. The number of nitrogens with two attached hydrogens (primary N) is 1. The first kappa shape index (κ1) is 17.3. The maximum Gasteiger partial charge on any atom is 0.219 e. The van der Waals surface area contributed by atoms with Gasteiger partial charge in [-0.15, -0.1) is 0 Å². The molecule has 146 valence electrons. The lowest BCUT2D eigenvalue weighted by molar-refractivity contribution is 0.0846. The highest BCUT2D eigenvalue weighted by Gasteiger charge is 2.23. The molecule has 0 spiro atoms. The second kappa shape index (κ2) is 7.33. The molecule has 0 unspecified atom stereocenters. The van der Waals surface area contributed by atoms with Crippen LogP contribution in [-0.4, -0.2) is 63.9 Å². The summed E-state index contributed by atoms with van der Waals surface area (Å²) >= 11 is 0. The summed E-state index contributed by atoms with van der Waals surface area (Å²) in [6.07, 6.45) is 9.53. The molecule has 2 N–H and O–H groups in total. The van der Waals surface area contributed by atoms with Gasteiger partial charge in [-0.25, -0.2) is 19.9 Å². The predicted molar refractivity (Wildman–Crippen MR) is 104 cm³/mol. The van der Waals surface area contributed by atoms with Crippen LogP contribution in [0.1, 0.15) is 24.5 Å². The third-order valence-corrected chi connectivity index (χ3v) is 5.36. The van der Waals surface area contributed by atoms with Crippen LogP contribution < -0.4 is 10.6 Å².